The SMILES string of the molecule is CC[C@H]1C(=O)C2C3CCC([C@H](C)CCC(=O)OC)[C@@]3(C)CCC2[C@@]2(C)CC[C@@H](OC(C)=O)C[C@@H]12. The van der Waals surface area contributed by atoms with Crippen LogP contribution in [0.5, 0.6) is 0 Å². The fourth-order valence-electron chi connectivity index (χ4n) is 9.59. The first-order valence-corrected chi connectivity index (χ1v) is 13.8. The molecule has 5 nitrogen and oxygen atoms in total. The summed E-state index contributed by atoms with van der Waals surface area (Å²) in [5.41, 5.74) is 0.342. The zero-order chi connectivity index (χ0) is 24.8. The van der Waals surface area contributed by atoms with E-state index in [0.717, 1.165) is 44.9 Å². The van der Waals surface area contributed by atoms with Crippen molar-refractivity contribution in [3.63, 3.8) is 0 Å². The molecule has 0 aromatic rings. The van der Waals surface area contributed by atoms with Gasteiger partial charge in [0.25, 0.3) is 0 Å². The number of rotatable bonds is 6. The van der Waals surface area contributed by atoms with Crippen molar-refractivity contribution in [1.29, 1.82) is 0 Å². The molecule has 4 rings (SSSR count). The maximum absolute atomic E-state index is 14.2. The molecule has 0 aromatic heterocycles. The number of hydrogen-bond donors (Lipinski definition) is 0. The summed E-state index contributed by atoms with van der Waals surface area (Å²) < 4.78 is 10.5. The molecule has 0 bridgehead atoms. The Morgan fingerprint density at radius 1 is 1.03 bits per heavy atom. The number of fused-ring (bicyclic) bond motifs is 5. The summed E-state index contributed by atoms with van der Waals surface area (Å²) in [4.78, 5) is 37.5. The van der Waals surface area contributed by atoms with E-state index in [9.17, 15) is 14.4 Å². The highest BCUT2D eigenvalue weighted by Crippen LogP contribution is 2.68. The van der Waals surface area contributed by atoms with E-state index in [0.29, 0.717) is 41.8 Å². The van der Waals surface area contributed by atoms with Crippen molar-refractivity contribution in [1.82, 2.24) is 0 Å². The number of esters is 2. The molecule has 4 unspecified atom stereocenters. The van der Waals surface area contributed by atoms with Crippen LogP contribution in [-0.4, -0.2) is 30.9 Å². The first-order valence-electron chi connectivity index (χ1n) is 13.8. The third-order valence-corrected chi connectivity index (χ3v) is 11.2. The Kier molecular flexibility index (Phi) is 7.24. The van der Waals surface area contributed by atoms with Crippen LogP contribution in [0.2, 0.25) is 0 Å². The van der Waals surface area contributed by atoms with Crippen molar-refractivity contribution < 1.29 is 23.9 Å². The molecule has 5 heteroatoms. The van der Waals surface area contributed by atoms with Crippen LogP contribution < -0.4 is 0 Å². The number of methoxy groups -OCH3 is 1. The molecule has 0 aromatic carbocycles. The highest BCUT2D eigenvalue weighted by molar-refractivity contribution is 5.86. The first-order chi connectivity index (χ1) is 16.1. The molecule has 4 saturated carbocycles. The van der Waals surface area contributed by atoms with Gasteiger partial charge in [0.15, 0.2) is 0 Å². The first kappa shape index (κ1) is 25.7. The predicted molar refractivity (Wildman–Crippen MR) is 131 cm³/mol. The summed E-state index contributed by atoms with van der Waals surface area (Å²) in [5, 5.41) is 0. The van der Waals surface area contributed by atoms with Gasteiger partial charge in [0.05, 0.1) is 7.11 Å². The van der Waals surface area contributed by atoms with Crippen molar-refractivity contribution in [3.8, 4) is 0 Å². The Hall–Kier alpha value is -1.39. The van der Waals surface area contributed by atoms with Crippen LogP contribution in [0.4, 0.5) is 0 Å². The van der Waals surface area contributed by atoms with Gasteiger partial charge in [-0.05, 0) is 98.2 Å². The van der Waals surface area contributed by atoms with Crippen molar-refractivity contribution in [2.24, 2.45) is 52.3 Å². The van der Waals surface area contributed by atoms with Gasteiger partial charge in [-0.2, -0.15) is 0 Å². The quantitative estimate of drug-likeness (QED) is 0.443. The molecule has 0 aliphatic heterocycles. The molecule has 34 heavy (non-hydrogen) atoms. The van der Waals surface area contributed by atoms with Gasteiger partial charge in [0.1, 0.15) is 11.9 Å². The molecular weight excluding hydrogens is 428 g/mol. The second-order valence-corrected chi connectivity index (χ2v) is 12.6. The lowest BCUT2D eigenvalue weighted by molar-refractivity contribution is -0.178. The Morgan fingerprint density at radius 2 is 1.71 bits per heavy atom. The number of ketones is 1. The molecule has 4 aliphatic carbocycles. The van der Waals surface area contributed by atoms with Crippen LogP contribution in [0.1, 0.15) is 98.8 Å². The van der Waals surface area contributed by atoms with E-state index in [1.54, 1.807) is 0 Å². The number of carbonyl (C=O) groups excluding carboxylic acids is 3. The minimum atomic E-state index is -0.201. The number of carbonyl (C=O) groups is 3. The highest BCUT2D eigenvalue weighted by atomic mass is 16.5. The summed E-state index contributed by atoms with van der Waals surface area (Å²) in [6.45, 7) is 10.9. The molecule has 0 N–H and O–H groups in total. The monoisotopic (exact) mass is 474 g/mol. The zero-order valence-corrected chi connectivity index (χ0v) is 22.2. The van der Waals surface area contributed by atoms with E-state index < -0.39 is 0 Å². The Bertz CT molecular complexity index is 806. The summed E-state index contributed by atoms with van der Waals surface area (Å²) in [6.07, 6.45) is 9.67. The van der Waals surface area contributed by atoms with E-state index in [4.69, 9.17) is 9.47 Å². The lowest BCUT2D eigenvalue weighted by Gasteiger charge is -2.62. The fraction of sp³-hybridized carbons (Fsp3) is 0.897. The van der Waals surface area contributed by atoms with Crippen LogP contribution in [0.3, 0.4) is 0 Å². The largest absolute Gasteiger partial charge is 0.469 e. The molecule has 10 atom stereocenters. The van der Waals surface area contributed by atoms with Crippen molar-refractivity contribution in [2.75, 3.05) is 7.11 Å². The van der Waals surface area contributed by atoms with Crippen molar-refractivity contribution in [2.45, 2.75) is 105 Å². The molecule has 0 amide bonds. The fourth-order valence-corrected chi connectivity index (χ4v) is 9.59. The smallest absolute Gasteiger partial charge is 0.305 e. The van der Waals surface area contributed by atoms with E-state index in [2.05, 4.69) is 27.7 Å². The molecular formula is C29H46O5. The number of hydrogen-bond acceptors (Lipinski definition) is 5. The maximum atomic E-state index is 14.2. The van der Waals surface area contributed by atoms with Gasteiger partial charge in [0.2, 0.25) is 0 Å². The molecule has 0 heterocycles. The van der Waals surface area contributed by atoms with E-state index in [1.165, 1.54) is 26.9 Å². The second-order valence-electron chi connectivity index (χ2n) is 12.6. The lowest BCUT2D eigenvalue weighted by atomic mass is 9.42. The third kappa shape index (κ3) is 4.13. The average Bonchev–Trinajstić information content (AvgIpc) is 3.15. The molecule has 4 aliphatic rings. The Morgan fingerprint density at radius 3 is 2.35 bits per heavy atom. The Labute approximate surface area is 206 Å². The van der Waals surface area contributed by atoms with Gasteiger partial charge < -0.3 is 9.47 Å². The third-order valence-electron chi connectivity index (χ3n) is 11.2. The van der Waals surface area contributed by atoms with Crippen LogP contribution in [0, 0.1) is 52.3 Å². The predicted octanol–water partition coefficient (Wildman–Crippen LogP) is 5.98. The van der Waals surface area contributed by atoms with Gasteiger partial charge >= 0.3 is 11.9 Å². The van der Waals surface area contributed by atoms with Crippen LogP contribution in [0.25, 0.3) is 0 Å². The minimum absolute atomic E-state index is 0.0330. The maximum Gasteiger partial charge on any atom is 0.305 e. The molecule has 0 radical (unpaired) electrons. The van der Waals surface area contributed by atoms with E-state index in [-0.39, 0.29) is 40.7 Å². The molecule has 4 fully saturated rings. The van der Waals surface area contributed by atoms with Gasteiger partial charge in [-0.3, -0.25) is 14.4 Å². The lowest BCUT2D eigenvalue weighted by Crippen LogP contribution is -2.60. The van der Waals surface area contributed by atoms with E-state index in [1.807, 2.05) is 0 Å². The van der Waals surface area contributed by atoms with Gasteiger partial charge in [-0.15, -0.1) is 0 Å². The number of ether oxygens (including phenoxy) is 2. The summed E-state index contributed by atoms with van der Waals surface area (Å²) in [7, 11) is 1.47. The van der Waals surface area contributed by atoms with Crippen molar-refractivity contribution >= 4 is 17.7 Å². The van der Waals surface area contributed by atoms with Gasteiger partial charge in [0, 0.05) is 25.2 Å². The molecule has 192 valence electrons. The molecule has 0 saturated heterocycles. The van der Waals surface area contributed by atoms with Crippen LogP contribution >= 0.6 is 0 Å². The van der Waals surface area contributed by atoms with Gasteiger partial charge in [-0.25, -0.2) is 0 Å². The van der Waals surface area contributed by atoms with Crippen molar-refractivity contribution in [3.05, 3.63) is 0 Å². The number of Topliss-reactive ketones (excluding diaryl/α,β-unsaturated/α-hetero) is 1. The Balaban J connectivity index is 1.57. The second kappa shape index (κ2) is 9.58. The summed E-state index contributed by atoms with van der Waals surface area (Å²) in [5.74, 6) is 2.73. The highest BCUT2D eigenvalue weighted by Gasteiger charge is 2.65. The summed E-state index contributed by atoms with van der Waals surface area (Å²) in [6, 6.07) is 0. The van der Waals surface area contributed by atoms with Gasteiger partial charge in [-0.1, -0.05) is 27.7 Å². The zero-order valence-electron chi connectivity index (χ0n) is 22.2. The minimum Gasteiger partial charge on any atom is -0.469 e. The summed E-state index contributed by atoms with van der Waals surface area (Å²) >= 11 is 0. The van der Waals surface area contributed by atoms with Crippen LogP contribution in [-0.2, 0) is 23.9 Å². The molecule has 0 spiro atoms. The van der Waals surface area contributed by atoms with Crippen LogP contribution in [0.15, 0.2) is 0 Å². The topological polar surface area (TPSA) is 69.7 Å². The average molecular weight is 475 g/mol. The van der Waals surface area contributed by atoms with E-state index >= 15 is 0 Å². The normalized spacial score (nSPS) is 44.4. The standard InChI is InChI=1S/C29H46O5/c1-7-20-24-16-19(34-18(3)30)12-14-29(24,5)23-13-15-28(4)21(17(2)8-11-25(31)33-6)9-10-22(28)26(23)27(20)32/h17,19-24,26H,7-16H2,1-6H3/t17-,19-,20-,21?,22?,23?,24+,26?,28-,29-/m1/s1.